The maximum atomic E-state index is 5.01. The molecule has 1 aromatic heterocycles. The highest BCUT2D eigenvalue weighted by atomic mass is 16.5. The molecule has 1 aromatic carbocycles. The summed E-state index contributed by atoms with van der Waals surface area (Å²) >= 11 is 0. The summed E-state index contributed by atoms with van der Waals surface area (Å²) in [5.41, 5.74) is 0.846. The minimum atomic E-state index is 0.781. The second kappa shape index (κ2) is 3.26. The van der Waals surface area contributed by atoms with Crippen LogP contribution in [-0.2, 0) is 0 Å². The summed E-state index contributed by atoms with van der Waals surface area (Å²) in [4.78, 5) is 3.84. The van der Waals surface area contributed by atoms with Gasteiger partial charge >= 0.3 is 0 Å². The third-order valence-corrected chi connectivity index (χ3v) is 1.67. The van der Waals surface area contributed by atoms with Crippen LogP contribution in [0.1, 0.15) is 0 Å². The Morgan fingerprint density at radius 1 is 1.46 bits per heavy atom. The number of methoxy groups -OCH3 is 1. The lowest BCUT2D eigenvalue weighted by Crippen LogP contribution is -1.94. The van der Waals surface area contributed by atoms with Gasteiger partial charge in [0.1, 0.15) is 18.4 Å². The Kier molecular flexibility index (Phi) is 1.96. The summed E-state index contributed by atoms with van der Waals surface area (Å²) in [6, 6.07) is 8.51. The Morgan fingerprint density at radius 2 is 2.38 bits per heavy atom. The van der Waals surface area contributed by atoms with E-state index in [-0.39, 0.29) is 0 Å². The molecule has 0 N–H and O–H groups in total. The first-order chi connectivity index (χ1) is 6.40. The molecule has 2 aromatic rings. The summed E-state index contributed by atoms with van der Waals surface area (Å²) in [5.74, 6) is 0.781. The van der Waals surface area contributed by atoms with Gasteiger partial charge in [-0.3, -0.25) is 0 Å². The molecule has 4 nitrogen and oxygen atoms in total. The van der Waals surface area contributed by atoms with Crippen molar-refractivity contribution in [1.29, 1.82) is 0 Å². The van der Waals surface area contributed by atoms with Crippen molar-refractivity contribution in [3.05, 3.63) is 36.9 Å². The van der Waals surface area contributed by atoms with Crippen LogP contribution < -0.4 is 4.74 Å². The average Bonchev–Trinajstić information content (AvgIpc) is 2.71. The van der Waals surface area contributed by atoms with Gasteiger partial charge in [-0.15, -0.1) is 0 Å². The fourth-order valence-electron chi connectivity index (χ4n) is 1.00. The number of nitrogens with zero attached hydrogens (tertiary/aromatic N) is 3. The lowest BCUT2D eigenvalue weighted by atomic mass is 10.3. The number of benzene rings is 1. The number of rotatable bonds is 2. The van der Waals surface area contributed by atoms with Gasteiger partial charge in [0.05, 0.1) is 12.8 Å². The largest absolute Gasteiger partial charge is 0.497 e. The second-order valence-corrected chi connectivity index (χ2v) is 2.45. The molecular weight excluding hydrogens is 166 g/mol. The van der Waals surface area contributed by atoms with Crippen LogP contribution >= 0.6 is 0 Å². The van der Waals surface area contributed by atoms with Crippen molar-refractivity contribution in [2.75, 3.05) is 7.11 Å². The molecule has 0 saturated carbocycles. The number of ether oxygens (including phenoxy) is 1. The van der Waals surface area contributed by atoms with Crippen LogP contribution in [0.2, 0.25) is 0 Å². The normalized spacial score (nSPS) is 9.92. The van der Waals surface area contributed by atoms with Crippen LogP contribution in [-0.4, -0.2) is 21.9 Å². The van der Waals surface area contributed by atoms with E-state index in [2.05, 4.69) is 16.1 Å². The number of hydrogen-bond donors (Lipinski definition) is 0. The van der Waals surface area contributed by atoms with E-state index in [1.807, 2.05) is 12.1 Å². The van der Waals surface area contributed by atoms with E-state index in [1.165, 1.54) is 6.33 Å². The van der Waals surface area contributed by atoms with E-state index in [9.17, 15) is 0 Å². The van der Waals surface area contributed by atoms with E-state index in [4.69, 9.17) is 4.74 Å². The standard InChI is InChI=1S/C9H8N3O/c1-13-9-4-2-8(3-5-9)12-7-10-6-11-12/h2,4-7H,1H3. The quantitative estimate of drug-likeness (QED) is 0.683. The summed E-state index contributed by atoms with van der Waals surface area (Å²) in [6.07, 6.45) is 3.11. The highest BCUT2D eigenvalue weighted by Crippen LogP contribution is 2.12. The van der Waals surface area contributed by atoms with Crippen molar-refractivity contribution in [2.24, 2.45) is 0 Å². The van der Waals surface area contributed by atoms with Gasteiger partial charge in [0.2, 0.25) is 0 Å². The maximum Gasteiger partial charge on any atom is 0.138 e. The third-order valence-electron chi connectivity index (χ3n) is 1.67. The molecule has 0 aliphatic carbocycles. The van der Waals surface area contributed by atoms with Crippen LogP contribution in [0, 0.1) is 6.07 Å². The van der Waals surface area contributed by atoms with E-state index in [1.54, 1.807) is 24.2 Å². The van der Waals surface area contributed by atoms with Crippen LogP contribution in [0.4, 0.5) is 0 Å². The number of aromatic nitrogens is 3. The van der Waals surface area contributed by atoms with Crippen molar-refractivity contribution in [2.45, 2.75) is 0 Å². The van der Waals surface area contributed by atoms with Crippen molar-refractivity contribution in [3.63, 3.8) is 0 Å². The molecule has 0 unspecified atom stereocenters. The lowest BCUT2D eigenvalue weighted by Gasteiger charge is -2.01. The molecule has 0 aliphatic heterocycles. The Labute approximate surface area is 75.8 Å². The molecule has 0 spiro atoms. The SMILES string of the molecule is COc1c[c]c(-n2cncn2)cc1. The van der Waals surface area contributed by atoms with Gasteiger partial charge in [-0.25, -0.2) is 9.67 Å². The average molecular weight is 174 g/mol. The molecule has 2 rings (SSSR count). The zero-order valence-electron chi connectivity index (χ0n) is 7.14. The van der Waals surface area contributed by atoms with Crippen LogP contribution in [0.25, 0.3) is 5.69 Å². The van der Waals surface area contributed by atoms with Crippen molar-refractivity contribution < 1.29 is 4.74 Å². The van der Waals surface area contributed by atoms with Gasteiger partial charge in [-0.05, 0) is 18.2 Å². The fourth-order valence-corrected chi connectivity index (χ4v) is 1.00. The van der Waals surface area contributed by atoms with E-state index in [0.717, 1.165) is 11.4 Å². The van der Waals surface area contributed by atoms with Gasteiger partial charge < -0.3 is 4.74 Å². The molecule has 13 heavy (non-hydrogen) atoms. The monoisotopic (exact) mass is 174 g/mol. The van der Waals surface area contributed by atoms with Gasteiger partial charge in [0, 0.05) is 6.07 Å². The number of hydrogen-bond acceptors (Lipinski definition) is 3. The zero-order valence-corrected chi connectivity index (χ0v) is 7.14. The van der Waals surface area contributed by atoms with Gasteiger partial charge in [0.15, 0.2) is 0 Å². The van der Waals surface area contributed by atoms with Gasteiger partial charge in [-0.1, -0.05) is 0 Å². The summed E-state index contributed by atoms with van der Waals surface area (Å²) in [7, 11) is 1.62. The predicted octanol–water partition coefficient (Wildman–Crippen LogP) is 1.08. The highest BCUT2D eigenvalue weighted by Gasteiger charge is 1.96. The fraction of sp³-hybridized carbons (Fsp3) is 0.111. The molecule has 4 heteroatoms. The topological polar surface area (TPSA) is 39.9 Å². The van der Waals surface area contributed by atoms with E-state index < -0.39 is 0 Å². The molecule has 65 valence electrons. The molecule has 0 aliphatic rings. The van der Waals surface area contributed by atoms with Crippen LogP contribution in [0.15, 0.2) is 30.9 Å². The first-order valence-electron chi connectivity index (χ1n) is 3.81. The molecule has 0 amide bonds. The molecule has 0 saturated heterocycles. The lowest BCUT2D eigenvalue weighted by molar-refractivity contribution is 0.414. The zero-order chi connectivity index (χ0) is 9.10. The molecule has 0 atom stereocenters. The summed E-state index contributed by atoms with van der Waals surface area (Å²) in [5, 5.41) is 3.98. The van der Waals surface area contributed by atoms with Crippen molar-refractivity contribution in [3.8, 4) is 11.4 Å². The van der Waals surface area contributed by atoms with E-state index in [0.29, 0.717) is 0 Å². The predicted molar refractivity (Wildman–Crippen MR) is 46.7 cm³/mol. The first kappa shape index (κ1) is 7.79. The first-order valence-corrected chi connectivity index (χ1v) is 3.81. The summed E-state index contributed by atoms with van der Waals surface area (Å²) in [6.45, 7) is 0. The Bertz CT molecular complexity index is 366. The van der Waals surface area contributed by atoms with Gasteiger partial charge in [-0.2, -0.15) is 5.10 Å². The van der Waals surface area contributed by atoms with Crippen molar-refractivity contribution in [1.82, 2.24) is 14.8 Å². The minimum Gasteiger partial charge on any atom is -0.497 e. The van der Waals surface area contributed by atoms with Crippen LogP contribution in [0.5, 0.6) is 5.75 Å². The second-order valence-electron chi connectivity index (χ2n) is 2.45. The third kappa shape index (κ3) is 1.51. The van der Waals surface area contributed by atoms with E-state index >= 15 is 0 Å². The minimum absolute atomic E-state index is 0.781. The Hall–Kier alpha value is -1.84. The molecular formula is C9H8N3O. The molecule has 0 fully saturated rings. The smallest absolute Gasteiger partial charge is 0.138 e. The molecule has 1 heterocycles. The Balaban J connectivity index is 2.33. The Morgan fingerprint density at radius 3 is 2.92 bits per heavy atom. The van der Waals surface area contributed by atoms with Crippen molar-refractivity contribution >= 4 is 0 Å². The molecule has 0 bridgehead atoms. The maximum absolute atomic E-state index is 5.01. The highest BCUT2D eigenvalue weighted by molar-refractivity contribution is 5.34. The van der Waals surface area contributed by atoms with Crippen LogP contribution in [0.3, 0.4) is 0 Å². The van der Waals surface area contributed by atoms with Gasteiger partial charge in [0.25, 0.3) is 0 Å². The summed E-state index contributed by atoms with van der Waals surface area (Å²) < 4.78 is 6.65. The molecule has 1 radical (unpaired) electrons.